The number of carbonyl (C=O) groups excluding carboxylic acids is 3. The van der Waals surface area contributed by atoms with Gasteiger partial charge in [0.2, 0.25) is 18.0 Å². The number of benzene rings is 2. The lowest BCUT2D eigenvalue weighted by Gasteiger charge is -2.30. The molecule has 1 saturated heterocycles. The summed E-state index contributed by atoms with van der Waals surface area (Å²) in [7, 11) is 2.91. The largest absolute Gasteiger partial charge is 0.493 e. The van der Waals surface area contributed by atoms with Crippen LogP contribution in [0.1, 0.15) is 53.9 Å². The van der Waals surface area contributed by atoms with Gasteiger partial charge in [0, 0.05) is 18.0 Å². The van der Waals surface area contributed by atoms with Crippen molar-refractivity contribution in [2.24, 2.45) is 0 Å². The van der Waals surface area contributed by atoms with Crippen LogP contribution < -0.4 is 14.8 Å². The number of fused-ring (bicyclic) bond motifs is 1. The first-order valence-corrected chi connectivity index (χ1v) is 11.1. The second-order valence-corrected chi connectivity index (χ2v) is 8.31. The maximum absolute atomic E-state index is 13.1. The van der Waals surface area contributed by atoms with Crippen molar-refractivity contribution in [3.8, 4) is 11.5 Å². The van der Waals surface area contributed by atoms with Gasteiger partial charge in [0.05, 0.1) is 14.2 Å². The zero-order chi connectivity index (χ0) is 23.5. The Balaban J connectivity index is 1.50. The van der Waals surface area contributed by atoms with Crippen LogP contribution >= 0.6 is 0 Å². The normalized spacial score (nSPS) is 20.3. The molecule has 2 aromatic carbocycles. The minimum absolute atomic E-state index is 0.0713. The van der Waals surface area contributed by atoms with Crippen molar-refractivity contribution in [3.63, 3.8) is 0 Å². The average Bonchev–Trinajstić information content (AvgIpc) is 3.37. The molecule has 2 aliphatic heterocycles. The number of nitrogens with one attached hydrogen (secondary N) is 1. The molecule has 0 saturated carbocycles. The SMILES string of the molecule is COc1ccc2c(c1OC)C(=O)O[C@H]2N1C(=O)CC[C@H]1C(=O)N[C@@H](C)CCc1ccccc1. The molecule has 0 unspecified atom stereocenters. The van der Waals surface area contributed by atoms with Crippen molar-refractivity contribution in [1.29, 1.82) is 0 Å². The summed E-state index contributed by atoms with van der Waals surface area (Å²) in [6.45, 7) is 1.95. The summed E-state index contributed by atoms with van der Waals surface area (Å²) in [5, 5.41) is 3.02. The molecule has 0 bridgehead atoms. The number of esters is 1. The molecule has 0 radical (unpaired) electrons. The van der Waals surface area contributed by atoms with Crippen molar-refractivity contribution < 1.29 is 28.6 Å². The molecule has 0 spiro atoms. The number of aryl methyl sites for hydroxylation is 1. The molecule has 8 heteroatoms. The molecule has 4 rings (SSSR count). The number of nitrogens with zero attached hydrogens (tertiary/aromatic N) is 1. The number of methoxy groups -OCH3 is 2. The van der Waals surface area contributed by atoms with Gasteiger partial charge in [-0.15, -0.1) is 0 Å². The van der Waals surface area contributed by atoms with Gasteiger partial charge in [-0.05, 0) is 43.9 Å². The highest BCUT2D eigenvalue weighted by atomic mass is 16.6. The molecule has 174 valence electrons. The molecule has 2 heterocycles. The lowest BCUT2D eigenvalue weighted by atomic mass is 10.0. The minimum atomic E-state index is -0.974. The van der Waals surface area contributed by atoms with Gasteiger partial charge in [0.1, 0.15) is 11.6 Å². The Bertz CT molecular complexity index is 1050. The van der Waals surface area contributed by atoms with Crippen LogP contribution in [0.15, 0.2) is 42.5 Å². The van der Waals surface area contributed by atoms with Crippen LogP contribution in [-0.4, -0.2) is 49.0 Å². The maximum atomic E-state index is 13.1. The van der Waals surface area contributed by atoms with E-state index in [4.69, 9.17) is 14.2 Å². The first-order valence-electron chi connectivity index (χ1n) is 11.1. The molecule has 2 aromatic rings. The van der Waals surface area contributed by atoms with Crippen molar-refractivity contribution >= 4 is 17.8 Å². The topological polar surface area (TPSA) is 94.2 Å². The lowest BCUT2D eigenvalue weighted by Crippen LogP contribution is -2.48. The van der Waals surface area contributed by atoms with Crippen LogP contribution in [0.5, 0.6) is 11.5 Å². The van der Waals surface area contributed by atoms with Gasteiger partial charge < -0.3 is 19.5 Å². The number of ether oxygens (including phenoxy) is 3. The van der Waals surface area contributed by atoms with Gasteiger partial charge in [0.25, 0.3) is 0 Å². The van der Waals surface area contributed by atoms with E-state index >= 15 is 0 Å². The molecule has 0 aliphatic carbocycles. The summed E-state index contributed by atoms with van der Waals surface area (Å²) < 4.78 is 16.2. The highest BCUT2D eigenvalue weighted by Gasteiger charge is 2.47. The molecule has 33 heavy (non-hydrogen) atoms. The van der Waals surface area contributed by atoms with E-state index in [0.29, 0.717) is 17.7 Å². The van der Waals surface area contributed by atoms with Crippen LogP contribution in [0, 0.1) is 0 Å². The average molecular weight is 453 g/mol. The fraction of sp³-hybridized carbons (Fsp3) is 0.400. The predicted octanol–water partition coefficient (Wildman–Crippen LogP) is 3.00. The van der Waals surface area contributed by atoms with E-state index in [1.807, 2.05) is 25.1 Å². The molecule has 8 nitrogen and oxygen atoms in total. The monoisotopic (exact) mass is 452 g/mol. The van der Waals surface area contributed by atoms with Crippen LogP contribution in [0.25, 0.3) is 0 Å². The Morgan fingerprint density at radius 3 is 2.61 bits per heavy atom. The molecule has 2 aliphatic rings. The zero-order valence-electron chi connectivity index (χ0n) is 19.0. The highest BCUT2D eigenvalue weighted by molar-refractivity contribution is 5.99. The Morgan fingerprint density at radius 1 is 1.15 bits per heavy atom. The summed E-state index contributed by atoms with van der Waals surface area (Å²) in [5.41, 5.74) is 1.91. The van der Waals surface area contributed by atoms with Gasteiger partial charge in [-0.3, -0.25) is 14.5 Å². The fourth-order valence-corrected chi connectivity index (χ4v) is 4.48. The van der Waals surface area contributed by atoms with E-state index < -0.39 is 18.2 Å². The molecular weight excluding hydrogens is 424 g/mol. The standard InChI is InChI=1S/C25H28N2O6/c1-15(9-10-16-7-5-4-6-8-16)26-23(29)18-12-14-20(28)27(18)24-17-11-13-19(31-2)22(32-3)21(17)25(30)33-24/h4-8,11,13,15,18,24H,9-10,12,14H2,1-3H3,(H,26,29)/t15-,18-,24+/m0/s1. The van der Waals surface area contributed by atoms with Gasteiger partial charge in [-0.1, -0.05) is 30.3 Å². The molecule has 3 atom stereocenters. The number of amides is 2. The first kappa shape index (κ1) is 22.6. The van der Waals surface area contributed by atoms with E-state index in [9.17, 15) is 14.4 Å². The highest BCUT2D eigenvalue weighted by Crippen LogP contribution is 2.45. The first-order chi connectivity index (χ1) is 15.9. The Kier molecular flexibility index (Phi) is 6.53. The fourth-order valence-electron chi connectivity index (χ4n) is 4.48. The van der Waals surface area contributed by atoms with Crippen molar-refractivity contribution in [1.82, 2.24) is 10.2 Å². The van der Waals surface area contributed by atoms with Gasteiger partial charge in [-0.2, -0.15) is 0 Å². The summed E-state index contributed by atoms with van der Waals surface area (Å²) in [5.74, 6) is -0.437. The molecular formula is C25H28N2O6. The Hall–Kier alpha value is -3.55. The third kappa shape index (κ3) is 4.37. The van der Waals surface area contributed by atoms with Crippen LogP contribution in [-0.2, 0) is 20.7 Å². The number of hydrogen-bond acceptors (Lipinski definition) is 6. The maximum Gasteiger partial charge on any atom is 0.344 e. The number of carbonyl (C=O) groups is 3. The molecule has 1 fully saturated rings. The summed E-state index contributed by atoms with van der Waals surface area (Å²) >= 11 is 0. The van der Waals surface area contributed by atoms with Gasteiger partial charge in [0.15, 0.2) is 11.5 Å². The molecule has 0 aromatic heterocycles. The van der Waals surface area contributed by atoms with E-state index in [1.165, 1.54) is 24.7 Å². The number of hydrogen-bond donors (Lipinski definition) is 1. The predicted molar refractivity (Wildman–Crippen MR) is 120 cm³/mol. The second kappa shape index (κ2) is 9.52. The quantitative estimate of drug-likeness (QED) is 0.619. The van der Waals surface area contributed by atoms with Crippen molar-refractivity contribution in [3.05, 3.63) is 59.2 Å². The number of likely N-dealkylation sites (tertiary alicyclic amines) is 1. The Morgan fingerprint density at radius 2 is 1.91 bits per heavy atom. The number of rotatable bonds is 8. The van der Waals surface area contributed by atoms with Crippen molar-refractivity contribution in [2.45, 2.75) is 50.9 Å². The van der Waals surface area contributed by atoms with Crippen LogP contribution in [0.4, 0.5) is 0 Å². The smallest absolute Gasteiger partial charge is 0.344 e. The van der Waals surface area contributed by atoms with Crippen molar-refractivity contribution in [2.75, 3.05) is 14.2 Å². The second-order valence-electron chi connectivity index (χ2n) is 8.31. The summed E-state index contributed by atoms with van der Waals surface area (Å²) in [4.78, 5) is 39.9. The Labute approximate surface area is 192 Å². The van der Waals surface area contributed by atoms with E-state index in [1.54, 1.807) is 12.1 Å². The van der Waals surface area contributed by atoms with E-state index in [0.717, 1.165) is 12.8 Å². The third-order valence-corrected chi connectivity index (χ3v) is 6.17. The van der Waals surface area contributed by atoms with E-state index in [-0.39, 0.29) is 35.6 Å². The molecule has 1 N–H and O–H groups in total. The van der Waals surface area contributed by atoms with Gasteiger partial charge in [-0.25, -0.2) is 4.79 Å². The third-order valence-electron chi connectivity index (χ3n) is 6.17. The van der Waals surface area contributed by atoms with E-state index in [2.05, 4.69) is 17.4 Å². The van der Waals surface area contributed by atoms with Crippen LogP contribution in [0.3, 0.4) is 0 Å². The zero-order valence-corrected chi connectivity index (χ0v) is 19.0. The van der Waals surface area contributed by atoms with Crippen LogP contribution in [0.2, 0.25) is 0 Å². The summed E-state index contributed by atoms with van der Waals surface area (Å²) in [6.07, 6.45) is 1.22. The number of cyclic esters (lactones) is 1. The van der Waals surface area contributed by atoms with Gasteiger partial charge >= 0.3 is 5.97 Å². The lowest BCUT2D eigenvalue weighted by molar-refractivity contribution is -0.146. The minimum Gasteiger partial charge on any atom is -0.493 e. The molecule has 2 amide bonds. The summed E-state index contributed by atoms with van der Waals surface area (Å²) in [6, 6.07) is 12.6.